The molecule has 1 N–H and O–H groups in total. The monoisotopic (exact) mass is 539 g/mol. The van der Waals surface area contributed by atoms with Gasteiger partial charge in [-0.25, -0.2) is 8.42 Å². The van der Waals surface area contributed by atoms with E-state index < -0.39 is 28.5 Å². The third kappa shape index (κ3) is 6.63. The minimum Gasteiger partial charge on any atom is -0.497 e. The number of sulfonamides is 1. The van der Waals surface area contributed by atoms with Crippen molar-refractivity contribution in [3.8, 4) is 11.5 Å². The van der Waals surface area contributed by atoms with Crippen molar-refractivity contribution >= 4 is 27.5 Å². The van der Waals surface area contributed by atoms with E-state index in [2.05, 4.69) is 5.32 Å². The molecular weight excluding hydrogens is 506 g/mol. The Morgan fingerprint density at radius 3 is 2.13 bits per heavy atom. The number of carbonyl (C=O) groups is 2. The molecule has 0 unspecified atom stereocenters. The molecule has 202 valence electrons. The van der Waals surface area contributed by atoms with Gasteiger partial charge in [0.1, 0.15) is 24.1 Å². The molecule has 0 aliphatic heterocycles. The van der Waals surface area contributed by atoms with Gasteiger partial charge in [-0.3, -0.25) is 13.9 Å². The lowest BCUT2D eigenvalue weighted by Gasteiger charge is -2.32. The summed E-state index contributed by atoms with van der Waals surface area (Å²) in [6.07, 6.45) is 0. The van der Waals surface area contributed by atoms with E-state index in [0.717, 1.165) is 15.4 Å². The number of aryl methyl sites for hydroxylation is 1. The summed E-state index contributed by atoms with van der Waals surface area (Å²) in [7, 11) is 0.373. The molecule has 0 fully saturated rings. The molecule has 0 aliphatic carbocycles. The lowest BCUT2D eigenvalue weighted by Crippen LogP contribution is -2.50. The van der Waals surface area contributed by atoms with E-state index in [-0.39, 0.29) is 23.0 Å². The summed E-state index contributed by atoms with van der Waals surface area (Å²) in [5.74, 6) is 0.170. The number of carbonyl (C=O) groups excluding carboxylic acids is 2. The maximum atomic E-state index is 13.8. The molecule has 10 heteroatoms. The first kappa shape index (κ1) is 28.5. The van der Waals surface area contributed by atoms with Crippen LogP contribution in [0.4, 0.5) is 5.69 Å². The van der Waals surface area contributed by atoms with Crippen LogP contribution in [0.25, 0.3) is 0 Å². The fraction of sp³-hybridized carbons (Fsp3) is 0.286. The number of anilines is 1. The van der Waals surface area contributed by atoms with Crippen LogP contribution >= 0.6 is 0 Å². The van der Waals surface area contributed by atoms with Crippen molar-refractivity contribution < 1.29 is 27.5 Å². The largest absolute Gasteiger partial charge is 0.497 e. The van der Waals surface area contributed by atoms with E-state index in [9.17, 15) is 18.0 Å². The predicted molar refractivity (Wildman–Crippen MR) is 146 cm³/mol. The van der Waals surface area contributed by atoms with Gasteiger partial charge in [-0.2, -0.15) is 0 Å². The number of methoxy groups -OCH3 is 2. The summed E-state index contributed by atoms with van der Waals surface area (Å²) in [4.78, 5) is 27.8. The van der Waals surface area contributed by atoms with E-state index in [1.807, 2.05) is 6.92 Å². The van der Waals surface area contributed by atoms with Crippen molar-refractivity contribution in [1.82, 2.24) is 10.2 Å². The van der Waals surface area contributed by atoms with Crippen LogP contribution in [-0.4, -0.2) is 59.0 Å². The van der Waals surface area contributed by atoms with E-state index in [0.29, 0.717) is 11.5 Å². The number of benzene rings is 3. The van der Waals surface area contributed by atoms with Gasteiger partial charge in [-0.15, -0.1) is 0 Å². The molecule has 0 heterocycles. The van der Waals surface area contributed by atoms with Crippen molar-refractivity contribution in [3.63, 3.8) is 0 Å². The third-order valence-corrected chi connectivity index (χ3v) is 7.94. The van der Waals surface area contributed by atoms with Crippen LogP contribution < -0.4 is 19.1 Å². The van der Waals surface area contributed by atoms with Crippen LogP contribution in [-0.2, 0) is 26.2 Å². The number of nitrogens with one attached hydrogen (secondary N) is 1. The van der Waals surface area contributed by atoms with Crippen LogP contribution in [0.5, 0.6) is 11.5 Å². The second kappa shape index (κ2) is 12.5. The number of hydrogen-bond acceptors (Lipinski definition) is 6. The van der Waals surface area contributed by atoms with Crippen molar-refractivity contribution in [2.45, 2.75) is 31.3 Å². The molecular formula is C28H33N3O6S. The highest BCUT2D eigenvalue weighted by molar-refractivity contribution is 7.92. The summed E-state index contributed by atoms with van der Waals surface area (Å²) >= 11 is 0. The van der Waals surface area contributed by atoms with Gasteiger partial charge in [-0.1, -0.05) is 35.9 Å². The van der Waals surface area contributed by atoms with E-state index >= 15 is 0 Å². The molecule has 2 amide bonds. The molecule has 3 rings (SSSR count). The van der Waals surface area contributed by atoms with Crippen molar-refractivity contribution in [2.75, 3.05) is 32.1 Å². The van der Waals surface area contributed by atoms with Crippen molar-refractivity contribution in [1.29, 1.82) is 0 Å². The molecule has 38 heavy (non-hydrogen) atoms. The molecule has 0 bridgehead atoms. The zero-order valence-corrected chi connectivity index (χ0v) is 23.0. The molecule has 3 aromatic rings. The van der Waals surface area contributed by atoms with Crippen LogP contribution in [0, 0.1) is 6.92 Å². The zero-order valence-electron chi connectivity index (χ0n) is 22.2. The standard InChI is InChI=1S/C28H33N3O6S/c1-20-9-15-26(16-10-20)38(34,35)31(23-7-6-8-25(17-23)37-5)19-27(32)30(21(2)28(33)29-3)18-22-11-13-24(36-4)14-12-22/h6-17,21H,18-19H2,1-5H3,(H,29,33)/t21-/m0/s1. The SMILES string of the molecule is CNC(=O)[C@H](C)N(Cc1ccc(OC)cc1)C(=O)CN(c1cccc(OC)c1)S(=O)(=O)c1ccc(C)cc1. The summed E-state index contributed by atoms with van der Waals surface area (Å²) in [5.41, 5.74) is 1.91. The lowest BCUT2D eigenvalue weighted by molar-refractivity contribution is -0.139. The fourth-order valence-corrected chi connectivity index (χ4v) is 5.26. The Morgan fingerprint density at radius 1 is 0.921 bits per heavy atom. The minimum absolute atomic E-state index is 0.0415. The number of nitrogens with zero attached hydrogens (tertiary/aromatic N) is 2. The van der Waals surface area contributed by atoms with Crippen LogP contribution in [0.15, 0.2) is 77.7 Å². The van der Waals surface area contributed by atoms with E-state index in [1.54, 1.807) is 74.7 Å². The van der Waals surface area contributed by atoms with Gasteiger partial charge in [0, 0.05) is 19.7 Å². The number of likely N-dealkylation sites (N-methyl/N-ethyl adjacent to an activating group) is 1. The molecule has 0 aromatic heterocycles. The van der Waals surface area contributed by atoms with Gasteiger partial charge in [0.05, 0.1) is 24.8 Å². The van der Waals surface area contributed by atoms with Gasteiger partial charge in [0.2, 0.25) is 11.8 Å². The van der Waals surface area contributed by atoms with Crippen molar-refractivity contribution in [2.24, 2.45) is 0 Å². The highest BCUT2D eigenvalue weighted by atomic mass is 32.2. The first-order chi connectivity index (χ1) is 18.1. The normalized spacial score (nSPS) is 11.8. The minimum atomic E-state index is -4.14. The highest BCUT2D eigenvalue weighted by Gasteiger charge is 2.32. The predicted octanol–water partition coefficient (Wildman–Crippen LogP) is 3.37. The molecule has 0 saturated heterocycles. The van der Waals surface area contributed by atoms with Gasteiger partial charge in [0.25, 0.3) is 10.0 Å². The summed E-state index contributed by atoms with van der Waals surface area (Å²) in [6.45, 7) is 3.02. The van der Waals surface area contributed by atoms with Crippen molar-refractivity contribution in [3.05, 3.63) is 83.9 Å². The molecule has 9 nitrogen and oxygen atoms in total. The van der Waals surface area contributed by atoms with Gasteiger partial charge in [0.15, 0.2) is 0 Å². The maximum absolute atomic E-state index is 13.8. The Hall–Kier alpha value is -4.05. The smallest absolute Gasteiger partial charge is 0.264 e. The lowest BCUT2D eigenvalue weighted by atomic mass is 10.1. The Balaban J connectivity index is 2.03. The topological polar surface area (TPSA) is 105 Å². The Labute approximate surface area is 224 Å². The molecule has 0 spiro atoms. The average Bonchev–Trinajstić information content (AvgIpc) is 2.94. The fourth-order valence-electron chi connectivity index (χ4n) is 3.85. The number of ether oxygens (including phenoxy) is 2. The zero-order chi connectivity index (χ0) is 27.9. The quantitative estimate of drug-likeness (QED) is 0.401. The second-order valence-corrected chi connectivity index (χ2v) is 10.5. The van der Waals surface area contributed by atoms with Gasteiger partial charge in [-0.05, 0) is 55.8 Å². The summed E-state index contributed by atoms with van der Waals surface area (Å²) in [5, 5.41) is 2.56. The third-order valence-electron chi connectivity index (χ3n) is 6.15. The van der Waals surface area contributed by atoms with E-state index in [4.69, 9.17) is 9.47 Å². The second-order valence-electron chi connectivity index (χ2n) is 8.69. The Bertz CT molecular complexity index is 1360. The van der Waals surface area contributed by atoms with Crippen LogP contribution in [0.2, 0.25) is 0 Å². The molecule has 0 radical (unpaired) electrons. The number of rotatable bonds is 11. The van der Waals surface area contributed by atoms with Crippen LogP contribution in [0.1, 0.15) is 18.1 Å². The summed E-state index contributed by atoms with van der Waals surface area (Å²) < 4.78 is 39.2. The molecule has 1 atom stereocenters. The Kier molecular flexibility index (Phi) is 9.35. The number of hydrogen-bond donors (Lipinski definition) is 1. The first-order valence-corrected chi connectivity index (χ1v) is 13.4. The van der Waals surface area contributed by atoms with E-state index in [1.165, 1.54) is 31.2 Å². The highest BCUT2D eigenvalue weighted by Crippen LogP contribution is 2.28. The summed E-state index contributed by atoms with van der Waals surface area (Å²) in [6, 6.07) is 19.1. The van der Waals surface area contributed by atoms with Gasteiger partial charge >= 0.3 is 0 Å². The molecule has 0 aliphatic rings. The van der Waals surface area contributed by atoms with Crippen LogP contribution in [0.3, 0.4) is 0 Å². The van der Waals surface area contributed by atoms with Gasteiger partial charge < -0.3 is 19.7 Å². The average molecular weight is 540 g/mol. The number of amides is 2. The Morgan fingerprint density at radius 2 is 1.55 bits per heavy atom. The maximum Gasteiger partial charge on any atom is 0.264 e. The molecule has 3 aromatic carbocycles. The molecule has 0 saturated carbocycles. The first-order valence-electron chi connectivity index (χ1n) is 12.0.